The zero-order valence-electron chi connectivity index (χ0n) is 20.4. The Bertz CT molecular complexity index is 1570. The molecule has 0 aliphatic rings. The molecule has 1 amide bonds. The molecule has 0 saturated heterocycles. The molecule has 2 aromatic carbocycles. The number of ether oxygens (including phenoxy) is 1. The second kappa shape index (κ2) is 10.4. The zero-order valence-corrected chi connectivity index (χ0v) is 20.4. The molecule has 1 N–H and O–H groups in total. The van der Waals surface area contributed by atoms with Crippen LogP contribution in [0.1, 0.15) is 27.2 Å². The lowest BCUT2D eigenvalue weighted by Crippen LogP contribution is -2.19. The average Bonchev–Trinajstić information content (AvgIpc) is 2.87. The first-order chi connectivity index (χ1) is 17.6. The number of fused-ring (bicyclic) bond motifs is 1. The van der Waals surface area contributed by atoms with E-state index in [1.165, 1.54) is 16.7 Å². The van der Waals surface area contributed by atoms with Crippen LogP contribution in [-0.2, 0) is 18.0 Å². The van der Waals surface area contributed by atoms with Crippen molar-refractivity contribution in [3.63, 3.8) is 0 Å². The second-order valence-corrected chi connectivity index (χ2v) is 8.51. The SMILES string of the molecule is COC/C=C\c1cc2c(cn1)cc(-c1cc(NC(=O)c3cccc(C(F)(F)F)c3)ccc1C)c(=O)n2C. The first-order valence-electron chi connectivity index (χ1n) is 11.3. The van der Waals surface area contributed by atoms with Gasteiger partial charge < -0.3 is 14.6 Å². The molecule has 0 spiro atoms. The fraction of sp³-hybridized carbons (Fsp3) is 0.179. The second-order valence-electron chi connectivity index (χ2n) is 8.51. The van der Waals surface area contributed by atoms with Crippen molar-refractivity contribution in [2.75, 3.05) is 19.0 Å². The highest BCUT2D eigenvalue weighted by atomic mass is 19.4. The molecular weight excluding hydrogens is 483 g/mol. The number of methoxy groups -OCH3 is 1. The van der Waals surface area contributed by atoms with E-state index in [0.29, 0.717) is 34.6 Å². The van der Waals surface area contributed by atoms with Crippen LogP contribution < -0.4 is 10.9 Å². The fourth-order valence-corrected chi connectivity index (χ4v) is 3.96. The third-order valence-corrected chi connectivity index (χ3v) is 5.92. The number of pyridine rings is 2. The monoisotopic (exact) mass is 507 g/mol. The quantitative estimate of drug-likeness (QED) is 0.356. The van der Waals surface area contributed by atoms with Crippen LogP contribution in [0.25, 0.3) is 28.1 Å². The van der Waals surface area contributed by atoms with Gasteiger partial charge in [0.15, 0.2) is 0 Å². The summed E-state index contributed by atoms with van der Waals surface area (Å²) in [6.45, 7) is 2.27. The van der Waals surface area contributed by atoms with E-state index in [1.54, 1.807) is 44.6 Å². The Morgan fingerprint density at radius 1 is 1.11 bits per heavy atom. The van der Waals surface area contributed by atoms with Gasteiger partial charge in [0.1, 0.15) is 0 Å². The maximum atomic E-state index is 13.3. The van der Waals surface area contributed by atoms with Gasteiger partial charge in [0.05, 0.1) is 23.4 Å². The van der Waals surface area contributed by atoms with Crippen molar-refractivity contribution in [1.82, 2.24) is 9.55 Å². The summed E-state index contributed by atoms with van der Waals surface area (Å²) in [7, 11) is 3.27. The van der Waals surface area contributed by atoms with Crippen molar-refractivity contribution >= 4 is 28.6 Å². The van der Waals surface area contributed by atoms with Gasteiger partial charge in [-0.25, -0.2) is 0 Å². The first-order valence-corrected chi connectivity index (χ1v) is 11.3. The number of hydrogen-bond acceptors (Lipinski definition) is 4. The Balaban J connectivity index is 1.69. The number of carbonyl (C=O) groups excluding carboxylic acids is 1. The number of nitrogens with zero attached hydrogens (tertiary/aromatic N) is 2. The zero-order chi connectivity index (χ0) is 26.7. The van der Waals surface area contributed by atoms with Gasteiger partial charge in [-0.15, -0.1) is 0 Å². The van der Waals surface area contributed by atoms with Crippen LogP contribution in [0.15, 0.2) is 71.7 Å². The smallest absolute Gasteiger partial charge is 0.381 e. The predicted octanol–water partition coefficient (Wildman–Crippen LogP) is 5.84. The summed E-state index contributed by atoms with van der Waals surface area (Å²) in [5, 5.41) is 3.38. The summed E-state index contributed by atoms with van der Waals surface area (Å²) in [6.07, 6.45) is 0.754. The molecule has 37 heavy (non-hydrogen) atoms. The topological polar surface area (TPSA) is 73.2 Å². The number of aromatic nitrogens is 2. The summed E-state index contributed by atoms with van der Waals surface area (Å²) >= 11 is 0. The fourth-order valence-electron chi connectivity index (χ4n) is 3.96. The largest absolute Gasteiger partial charge is 0.416 e. The average molecular weight is 508 g/mol. The molecule has 0 aliphatic heterocycles. The Labute approximate surface area is 211 Å². The highest BCUT2D eigenvalue weighted by Crippen LogP contribution is 2.30. The van der Waals surface area contributed by atoms with E-state index in [4.69, 9.17) is 4.74 Å². The lowest BCUT2D eigenvalue weighted by Gasteiger charge is -2.14. The van der Waals surface area contributed by atoms with Crippen molar-refractivity contribution < 1.29 is 22.7 Å². The van der Waals surface area contributed by atoms with Crippen LogP contribution in [0, 0.1) is 6.92 Å². The van der Waals surface area contributed by atoms with Crippen molar-refractivity contribution in [2.45, 2.75) is 13.1 Å². The summed E-state index contributed by atoms with van der Waals surface area (Å²) in [4.78, 5) is 30.4. The molecule has 0 radical (unpaired) electrons. The Morgan fingerprint density at radius 2 is 1.89 bits per heavy atom. The molecule has 6 nitrogen and oxygen atoms in total. The molecular formula is C28H24F3N3O3. The van der Waals surface area contributed by atoms with E-state index in [0.717, 1.165) is 23.1 Å². The van der Waals surface area contributed by atoms with Crippen LogP contribution in [0.3, 0.4) is 0 Å². The molecule has 0 bridgehead atoms. The van der Waals surface area contributed by atoms with E-state index in [-0.39, 0.29) is 11.1 Å². The number of nitrogens with one attached hydrogen (secondary N) is 1. The normalized spacial score (nSPS) is 11.8. The molecule has 0 atom stereocenters. The third kappa shape index (κ3) is 5.62. The van der Waals surface area contributed by atoms with Gasteiger partial charge in [-0.05, 0) is 66.6 Å². The molecule has 2 heterocycles. The van der Waals surface area contributed by atoms with E-state index < -0.39 is 17.6 Å². The molecule has 0 unspecified atom stereocenters. The van der Waals surface area contributed by atoms with E-state index in [2.05, 4.69) is 10.3 Å². The number of amides is 1. The summed E-state index contributed by atoms with van der Waals surface area (Å²) in [5.41, 5.74) is 2.25. The third-order valence-electron chi connectivity index (χ3n) is 5.92. The highest BCUT2D eigenvalue weighted by molar-refractivity contribution is 6.04. The van der Waals surface area contributed by atoms with Gasteiger partial charge in [0.2, 0.25) is 0 Å². The van der Waals surface area contributed by atoms with Crippen molar-refractivity contribution in [2.24, 2.45) is 7.05 Å². The molecule has 0 aliphatic carbocycles. The maximum absolute atomic E-state index is 13.3. The van der Waals surface area contributed by atoms with Crippen LogP contribution in [0.5, 0.6) is 0 Å². The van der Waals surface area contributed by atoms with Crippen LogP contribution in [-0.4, -0.2) is 29.2 Å². The number of aryl methyl sites for hydroxylation is 2. The maximum Gasteiger partial charge on any atom is 0.416 e. The van der Waals surface area contributed by atoms with E-state index >= 15 is 0 Å². The molecule has 4 rings (SSSR count). The highest BCUT2D eigenvalue weighted by Gasteiger charge is 2.31. The summed E-state index contributed by atoms with van der Waals surface area (Å²) < 4.78 is 45.7. The number of benzene rings is 2. The number of alkyl halides is 3. The Morgan fingerprint density at radius 3 is 2.62 bits per heavy atom. The molecule has 0 fully saturated rings. The molecule has 9 heteroatoms. The number of carbonyl (C=O) groups is 1. The predicted molar refractivity (Wildman–Crippen MR) is 137 cm³/mol. The minimum Gasteiger partial charge on any atom is -0.381 e. The van der Waals surface area contributed by atoms with Gasteiger partial charge in [0, 0.05) is 42.6 Å². The molecule has 4 aromatic rings. The number of halogens is 3. The van der Waals surface area contributed by atoms with Gasteiger partial charge >= 0.3 is 6.18 Å². The van der Waals surface area contributed by atoms with Crippen LogP contribution in [0.2, 0.25) is 0 Å². The van der Waals surface area contributed by atoms with Gasteiger partial charge in [-0.2, -0.15) is 13.2 Å². The minimum absolute atomic E-state index is 0.125. The number of rotatable bonds is 6. The number of anilines is 1. The standard InChI is InChI=1S/C28H24F3N3O3/c1-17-9-10-22(33-26(35)18-6-4-7-20(12-18)28(29,30)31)14-23(17)24-13-19-16-32-21(8-5-11-37-3)15-25(19)34(2)27(24)36/h4-10,12-16H,11H2,1-3H3,(H,33,35)/b8-5-. The Kier molecular flexibility index (Phi) is 7.26. The number of hydrogen-bond donors (Lipinski definition) is 1. The van der Waals surface area contributed by atoms with Crippen molar-refractivity contribution in [3.8, 4) is 11.1 Å². The molecule has 2 aromatic heterocycles. The van der Waals surface area contributed by atoms with Gasteiger partial charge in [-0.3, -0.25) is 14.6 Å². The van der Waals surface area contributed by atoms with E-state index in [9.17, 15) is 22.8 Å². The van der Waals surface area contributed by atoms with Gasteiger partial charge in [-0.1, -0.05) is 18.2 Å². The molecule has 0 saturated carbocycles. The lowest BCUT2D eigenvalue weighted by atomic mass is 9.99. The van der Waals surface area contributed by atoms with E-state index in [1.807, 2.05) is 25.1 Å². The minimum atomic E-state index is -4.56. The lowest BCUT2D eigenvalue weighted by molar-refractivity contribution is -0.137. The van der Waals surface area contributed by atoms with Crippen LogP contribution >= 0.6 is 0 Å². The molecule has 190 valence electrons. The Hall–Kier alpha value is -4.24. The van der Waals surface area contributed by atoms with Crippen LogP contribution in [0.4, 0.5) is 18.9 Å². The first kappa shape index (κ1) is 25.8. The van der Waals surface area contributed by atoms with Crippen molar-refractivity contribution in [3.05, 3.63) is 99.6 Å². The summed E-state index contributed by atoms with van der Waals surface area (Å²) in [6, 6.07) is 12.8. The summed E-state index contributed by atoms with van der Waals surface area (Å²) in [5.74, 6) is -0.689. The van der Waals surface area contributed by atoms with Gasteiger partial charge in [0.25, 0.3) is 11.5 Å². The van der Waals surface area contributed by atoms with Crippen molar-refractivity contribution in [1.29, 1.82) is 0 Å².